The van der Waals surface area contributed by atoms with Crippen molar-refractivity contribution >= 4 is 11.7 Å². The van der Waals surface area contributed by atoms with Crippen LogP contribution in [0.25, 0.3) is 0 Å². The van der Waals surface area contributed by atoms with E-state index in [0.29, 0.717) is 17.1 Å². The maximum absolute atomic E-state index is 13.2. The summed E-state index contributed by atoms with van der Waals surface area (Å²) in [5, 5.41) is 0. The minimum absolute atomic E-state index is 0.129. The first-order valence-electron chi connectivity index (χ1n) is 9.04. The van der Waals surface area contributed by atoms with Gasteiger partial charge in [-0.15, -0.1) is 0 Å². The number of halogens is 1. The quantitative estimate of drug-likeness (QED) is 0.584. The van der Waals surface area contributed by atoms with Crippen LogP contribution in [-0.4, -0.2) is 28.7 Å². The van der Waals surface area contributed by atoms with Gasteiger partial charge in [-0.25, -0.2) is 4.39 Å². The third kappa shape index (κ3) is 3.28. The second-order valence-electron chi connectivity index (χ2n) is 7.11. The lowest BCUT2D eigenvalue weighted by Crippen LogP contribution is -2.46. The number of nitrogens with zero attached hydrogens (tertiary/aromatic N) is 1. The molecule has 2 atom stereocenters. The van der Waals surface area contributed by atoms with Crippen molar-refractivity contribution in [3.05, 3.63) is 72.1 Å². The van der Waals surface area contributed by atoms with Crippen LogP contribution in [-0.2, 0) is 9.59 Å². The molecular formula is C22H24FNO2. The molecular weight excluding hydrogens is 329 g/mol. The second kappa shape index (κ2) is 7.40. The topological polar surface area (TPSA) is 37.4 Å². The highest BCUT2D eigenvalue weighted by molar-refractivity contribution is 6.08. The first-order valence-corrected chi connectivity index (χ1v) is 9.04. The van der Waals surface area contributed by atoms with Crippen LogP contribution in [0.4, 0.5) is 4.39 Å². The number of carbonyl (C=O) groups is 2. The molecule has 2 unspecified atom stereocenters. The van der Waals surface area contributed by atoms with Crippen LogP contribution >= 0.6 is 0 Å². The van der Waals surface area contributed by atoms with Gasteiger partial charge in [0.15, 0.2) is 5.78 Å². The highest BCUT2D eigenvalue weighted by Gasteiger charge is 2.44. The molecule has 0 radical (unpaired) electrons. The Labute approximate surface area is 153 Å². The Morgan fingerprint density at radius 2 is 1.58 bits per heavy atom. The minimum atomic E-state index is -0.230. The molecule has 136 valence electrons. The van der Waals surface area contributed by atoms with Crippen molar-refractivity contribution in [2.75, 3.05) is 0 Å². The summed E-state index contributed by atoms with van der Waals surface area (Å²) in [5.41, 5.74) is 1.79. The van der Waals surface area contributed by atoms with Crippen molar-refractivity contribution in [3.8, 4) is 0 Å². The Morgan fingerprint density at radius 1 is 1.04 bits per heavy atom. The molecule has 2 aliphatic heterocycles. The number of hydrogen-bond acceptors (Lipinski definition) is 2. The molecule has 0 aromatic heterocycles. The number of fused-ring (bicyclic) bond motifs is 2. The average molecular weight is 353 g/mol. The van der Waals surface area contributed by atoms with Gasteiger partial charge in [-0.1, -0.05) is 37.4 Å². The molecule has 2 fully saturated rings. The van der Waals surface area contributed by atoms with Gasteiger partial charge in [0.05, 0.1) is 0 Å². The van der Waals surface area contributed by atoms with E-state index < -0.39 is 0 Å². The van der Waals surface area contributed by atoms with Crippen molar-refractivity contribution in [1.82, 2.24) is 4.90 Å². The molecule has 26 heavy (non-hydrogen) atoms. The van der Waals surface area contributed by atoms with Gasteiger partial charge in [-0.2, -0.15) is 0 Å². The lowest BCUT2D eigenvalue weighted by atomic mass is 9.84. The fraction of sp³-hybridized carbons (Fsp3) is 0.364. The zero-order chi connectivity index (χ0) is 18.8. The maximum atomic E-state index is 13.2. The zero-order valence-electron chi connectivity index (χ0n) is 15.1. The highest BCUT2D eigenvalue weighted by atomic mass is 19.1. The van der Waals surface area contributed by atoms with Crippen molar-refractivity contribution in [3.63, 3.8) is 0 Å². The van der Waals surface area contributed by atoms with Crippen LogP contribution in [0.15, 0.2) is 60.7 Å². The first kappa shape index (κ1) is 18.3. The van der Waals surface area contributed by atoms with E-state index in [9.17, 15) is 14.0 Å². The molecule has 0 N–H and O–H groups in total. The monoisotopic (exact) mass is 353 g/mol. The summed E-state index contributed by atoms with van der Waals surface area (Å²) in [5.74, 6) is -0.210. The SMILES string of the molecule is C=C/C(C(C)=O)=C(\C=C)C(=O)N1C2CCC1CC(c1ccc(F)cc1)C2. The summed E-state index contributed by atoms with van der Waals surface area (Å²) in [6.07, 6.45) is 6.55. The molecule has 2 heterocycles. The van der Waals surface area contributed by atoms with Gasteiger partial charge in [0.2, 0.25) is 0 Å². The molecule has 3 nitrogen and oxygen atoms in total. The van der Waals surface area contributed by atoms with E-state index in [2.05, 4.69) is 13.2 Å². The molecule has 0 saturated carbocycles. The van der Waals surface area contributed by atoms with Crippen LogP contribution in [0.5, 0.6) is 0 Å². The number of amides is 1. The number of hydrogen-bond donors (Lipinski definition) is 0. The van der Waals surface area contributed by atoms with Crippen molar-refractivity contribution in [1.29, 1.82) is 0 Å². The van der Waals surface area contributed by atoms with Crippen LogP contribution in [0.1, 0.15) is 44.1 Å². The summed E-state index contributed by atoms with van der Waals surface area (Å²) in [6, 6.07) is 6.97. The number of Topliss-reactive ketones (excluding diaryl/α,β-unsaturated/α-hetero) is 1. The van der Waals surface area contributed by atoms with Crippen molar-refractivity contribution in [2.45, 2.75) is 50.6 Å². The average Bonchev–Trinajstić information content (AvgIpc) is 2.89. The number of carbonyl (C=O) groups excluding carboxylic acids is 2. The summed E-state index contributed by atoms with van der Waals surface area (Å²) < 4.78 is 13.2. The van der Waals surface area contributed by atoms with Gasteiger partial charge in [0, 0.05) is 23.2 Å². The largest absolute Gasteiger partial charge is 0.333 e. The summed E-state index contributed by atoms with van der Waals surface area (Å²) in [6.45, 7) is 8.83. The number of ketones is 1. The van der Waals surface area contributed by atoms with Crippen molar-refractivity contribution in [2.24, 2.45) is 0 Å². The number of rotatable bonds is 5. The Bertz CT molecular complexity index is 764. The molecule has 2 saturated heterocycles. The molecule has 4 heteroatoms. The third-order valence-electron chi connectivity index (χ3n) is 5.62. The first-order chi connectivity index (χ1) is 12.5. The van der Waals surface area contributed by atoms with E-state index >= 15 is 0 Å². The Kier molecular flexibility index (Phi) is 5.21. The number of benzene rings is 1. The molecule has 0 spiro atoms. The van der Waals surface area contributed by atoms with E-state index in [4.69, 9.17) is 0 Å². The molecule has 3 rings (SSSR count). The summed E-state index contributed by atoms with van der Waals surface area (Å²) in [4.78, 5) is 26.9. The predicted molar refractivity (Wildman–Crippen MR) is 100 cm³/mol. The lowest BCUT2D eigenvalue weighted by Gasteiger charge is -2.39. The fourth-order valence-corrected chi connectivity index (χ4v) is 4.41. The fourth-order valence-electron chi connectivity index (χ4n) is 4.41. The number of allylic oxidation sites excluding steroid dienone is 2. The smallest absolute Gasteiger partial charge is 0.255 e. The zero-order valence-corrected chi connectivity index (χ0v) is 15.1. The van der Waals surface area contributed by atoms with Crippen LogP contribution in [0.2, 0.25) is 0 Å². The molecule has 0 aliphatic carbocycles. The Balaban J connectivity index is 1.85. The maximum Gasteiger partial charge on any atom is 0.255 e. The van der Waals surface area contributed by atoms with Crippen LogP contribution < -0.4 is 0 Å². The van der Waals surface area contributed by atoms with E-state index in [1.165, 1.54) is 31.2 Å². The highest BCUT2D eigenvalue weighted by Crippen LogP contribution is 2.43. The predicted octanol–water partition coefficient (Wildman–Crippen LogP) is 4.32. The van der Waals surface area contributed by atoms with Gasteiger partial charge in [0.1, 0.15) is 5.82 Å². The minimum Gasteiger partial charge on any atom is -0.333 e. The van der Waals surface area contributed by atoms with E-state index in [-0.39, 0.29) is 29.6 Å². The molecule has 2 aliphatic rings. The molecule has 2 bridgehead atoms. The molecule has 1 aromatic carbocycles. The van der Waals surface area contributed by atoms with Gasteiger partial charge < -0.3 is 4.90 Å². The second-order valence-corrected chi connectivity index (χ2v) is 7.11. The van der Waals surface area contributed by atoms with Gasteiger partial charge in [0.25, 0.3) is 5.91 Å². The summed E-state index contributed by atoms with van der Waals surface area (Å²) in [7, 11) is 0. The molecule has 1 aromatic rings. The molecule has 1 amide bonds. The van der Waals surface area contributed by atoms with E-state index in [1.807, 2.05) is 17.0 Å². The Morgan fingerprint density at radius 3 is 2.04 bits per heavy atom. The van der Waals surface area contributed by atoms with E-state index in [0.717, 1.165) is 31.2 Å². The van der Waals surface area contributed by atoms with Crippen LogP contribution in [0, 0.1) is 5.82 Å². The van der Waals surface area contributed by atoms with Gasteiger partial charge >= 0.3 is 0 Å². The standard InChI is InChI=1S/C22H24FNO2/c1-4-20(14(3)25)21(5-2)22(26)24-18-10-11-19(24)13-16(12-18)15-6-8-17(23)9-7-15/h4-9,16,18-19H,1-2,10-13H2,3H3/b21-20-. The van der Waals surface area contributed by atoms with Gasteiger partial charge in [-0.3, -0.25) is 9.59 Å². The number of piperidine rings is 1. The van der Waals surface area contributed by atoms with Gasteiger partial charge in [-0.05, 0) is 56.2 Å². The summed E-state index contributed by atoms with van der Waals surface area (Å²) >= 11 is 0. The normalized spacial score (nSPS) is 25.5. The lowest BCUT2D eigenvalue weighted by molar-refractivity contribution is -0.131. The van der Waals surface area contributed by atoms with Crippen molar-refractivity contribution < 1.29 is 14.0 Å². The van der Waals surface area contributed by atoms with Crippen LogP contribution in [0.3, 0.4) is 0 Å². The van der Waals surface area contributed by atoms with E-state index in [1.54, 1.807) is 0 Å². The third-order valence-corrected chi connectivity index (χ3v) is 5.62. The Hall–Kier alpha value is -2.49.